The Balaban J connectivity index is 1.40. The second-order valence-electron chi connectivity index (χ2n) is 5.18. The molecule has 0 fully saturated rings. The van der Waals surface area contributed by atoms with E-state index in [0.717, 1.165) is 38.0 Å². The van der Waals surface area contributed by atoms with Gasteiger partial charge in [0.05, 0.1) is 6.42 Å². The predicted molar refractivity (Wildman–Crippen MR) is 95.0 cm³/mol. The molecule has 0 aliphatic carbocycles. The Kier molecular flexibility index (Phi) is 5.30. The summed E-state index contributed by atoms with van der Waals surface area (Å²) in [6, 6.07) is 8.03. The lowest BCUT2D eigenvalue weighted by Crippen LogP contribution is -2.26. The molecule has 0 unspecified atom stereocenters. The van der Waals surface area contributed by atoms with Gasteiger partial charge in [-0.3, -0.25) is 4.79 Å². The quantitative estimate of drug-likeness (QED) is 0.509. The summed E-state index contributed by atoms with van der Waals surface area (Å²) in [5.41, 5.74) is 2.11. The fraction of sp³-hybridized carbons (Fsp3) is 0.312. The highest BCUT2D eigenvalue weighted by Gasteiger charge is 2.08. The summed E-state index contributed by atoms with van der Waals surface area (Å²) in [4.78, 5) is 15.2. The van der Waals surface area contributed by atoms with Crippen molar-refractivity contribution in [1.82, 2.24) is 20.5 Å². The number of hydrogen-bond acceptors (Lipinski definition) is 5. The minimum atomic E-state index is 0.0616. The van der Waals surface area contributed by atoms with Crippen LogP contribution in [0.2, 0.25) is 0 Å². The number of carbonyl (C=O) groups excluding carboxylic acids is 1. The highest BCUT2D eigenvalue weighted by molar-refractivity contribution is 8.01. The van der Waals surface area contributed by atoms with E-state index in [1.54, 1.807) is 23.1 Å². The Morgan fingerprint density at radius 2 is 2.22 bits per heavy atom. The van der Waals surface area contributed by atoms with Crippen molar-refractivity contribution in [3.63, 3.8) is 0 Å². The molecule has 7 heteroatoms. The topological polar surface area (TPSA) is 70.7 Å². The number of H-pyrrole nitrogens is 1. The summed E-state index contributed by atoms with van der Waals surface area (Å²) in [5.74, 6) is 0.994. The first-order valence-corrected chi connectivity index (χ1v) is 9.27. The lowest BCUT2D eigenvalue weighted by Gasteiger charge is -2.04. The lowest BCUT2D eigenvalue weighted by molar-refractivity contribution is -0.120. The highest BCUT2D eigenvalue weighted by Crippen LogP contribution is 2.22. The van der Waals surface area contributed by atoms with E-state index in [4.69, 9.17) is 0 Å². The van der Waals surface area contributed by atoms with Crippen LogP contribution < -0.4 is 5.32 Å². The first kappa shape index (κ1) is 16.0. The largest absolute Gasteiger partial charge is 0.361 e. The van der Waals surface area contributed by atoms with Gasteiger partial charge in [-0.2, -0.15) is 0 Å². The Morgan fingerprint density at radius 3 is 3.04 bits per heavy atom. The molecular formula is C16H18N4OS2. The standard InChI is InChI=1S/C16H18N4OS2/c1-11-19-20-16(23-11)22-8-4-7-17-15(21)9-12-10-18-14-6-3-2-5-13(12)14/h2-3,5-6,10,18H,4,7-9H2,1H3,(H,17,21). The van der Waals surface area contributed by atoms with Gasteiger partial charge < -0.3 is 10.3 Å². The number of aromatic nitrogens is 3. The number of aromatic amines is 1. The summed E-state index contributed by atoms with van der Waals surface area (Å²) >= 11 is 3.29. The van der Waals surface area contributed by atoms with Crippen LogP contribution in [0.4, 0.5) is 0 Å². The van der Waals surface area contributed by atoms with Gasteiger partial charge in [0.2, 0.25) is 5.91 Å². The zero-order chi connectivity index (χ0) is 16.1. The molecule has 2 heterocycles. The van der Waals surface area contributed by atoms with E-state index >= 15 is 0 Å². The van der Waals surface area contributed by atoms with Gasteiger partial charge in [0.25, 0.3) is 0 Å². The van der Waals surface area contributed by atoms with Gasteiger partial charge in [0.1, 0.15) is 5.01 Å². The average molecular weight is 346 g/mol. The zero-order valence-corrected chi connectivity index (χ0v) is 14.5. The molecule has 23 heavy (non-hydrogen) atoms. The molecule has 0 aliphatic rings. The molecule has 0 aliphatic heterocycles. The van der Waals surface area contributed by atoms with Crippen molar-refractivity contribution in [3.05, 3.63) is 41.0 Å². The van der Waals surface area contributed by atoms with Crippen molar-refractivity contribution in [3.8, 4) is 0 Å². The molecule has 2 N–H and O–H groups in total. The second kappa shape index (κ2) is 7.61. The number of fused-ring (bicyclic) bond motifs is 1. The van der Waals surface area contributed by atoms with Gasteiger partial charge in [-0.05, 0) is 25.0 Å². The second-order valence-corrected chi connectivity index (χ2v) is 7.70. The lowest BCUT2D eigenvalue weighted by atomic mass is 10.1. The minimum Gasteiger partial charge on any atom is -0.361 e. The number of carbonyl (C=O) groups is 1. The third-order valence-electron chi connectivity index (χ3n) is 3.40. The monoisotopic (exact) mass is 346 g/mol. The minimum absolute atomic E-state index is 0.0616. The van der Waals surface area contributed by atoms with E-state index in [2.05, 4.69) is 20.5 Å². The molecular weight excluding hydrogens is 328 g/mol. The maximum atomic E-state index is 12.0. The third kappa shape index (κ3) is 4.33. The van der Waals surface area contributed by atoms with E-state index in [1.165, 1.54) is 0 Å². The molecule has 1 aromatic carbocycles. The SMILES string of the molecule is Cc1nnc(SCCCNC(=O)Cc2c[nH]c3ccccc23)s1. The van der Waals surface area contributed by atoms with Crippen LogP contribution in [-0.2, 0) is 11.2 Å². The Hall–Kier alpha value is -1.86. The number of para-hydroxylation sites is 1. The van der Waals surface area contributed by atoms with Crippen molar-refractivity contribution in [2.75, 3.05) is 12.3 Å². The summed E-state index contributed by atoms with van der Waals surface area (Å²) < 4.78 is 0.993. The average Bonchev–Trinajstić information content (AvgIpc) is 3.14. The number of hydrogen-bond donors (Lipinski definition) is 2. The van der Waals surface area contributed by atoms with Crippen molar-refractivity contribution in [2.45, 2.75) is 24.1 Å². The van der Waals surface area contributed by atoms with E-state index in [-0.39, 0.29) is 5.91 Å². The van der Waals surface area contributed by atoms with Gasteiger partial charge >= 0.3 is 0 Å². The molecule has 0 spiro atoms. The van der Waals surface area contributed by atoms with E-state index < -0.39 is 0 Å². The molecule has 0 bridgehead atoms. The van der Waals surface area contributed by atoms with Crippen molar-refractivity contribution in [1.29, 1.82) is 0 Å². The molecule has 3 aromatic rings. The number of amides is 1. The molecule has 0 atom stereocenters. The predicted octanol–water partition coefficient (Wildman–Crippen LogP) is 3.17. The van der Waals surface area contributed by atoms with Crippen LogP contribution in [0, 0.1) is 6.92 Å². The molecule has 5 nitrogen and oxygen atoms in total. The van der Waals surface area contributed by atoms with Gasteiger partial charge in [-0.25, -0.2) is 0 Å². The molecule has 2 aromatic heterocycles. The number of benzene rings is 1. The number of nitrogens with zero attached hydrogens (tertiary/aromatic N) is 2. The molecule has 0 radical (unpaired) electrons. The number of nitrogens with one attached hydrogen (secondary N) is 2. The van der Waals surface area contributed by atoms with Crippen molar-refractivity contribution >= 4 is 39.9 Å². The fourth-order valence-corrected chi connectivity index (χ4v) is 4.13. The normalized spacial score (nSPS) is 11.0. The first-order valence-electron chi connectivity index (χ1n) is 7.47. The van der Waals surface area contributed by atoms with Gasteiger partial charge in [0, 0.05) is 29.4 Å². The number of aryl methyl sites for hydroxylation is 1. The van der Waals surface area contributed by atoms with E-state index in [9.17, 15) is 4.79 Å². The summed E-state index contributed by atoms with van der Waals surface area (Å²) in [6.45, 7) is 2.64. The third-order valence-corrected chi connectivity index (χ3v) is 5.46. The summed E-state index contributed by atoms with van der Waals surface area (Å²) in [6.07, 6.45) is 3.24. The molecule has 0 saturated carbocycles. The van der Waals surface area contributed by atoms with Crippen LogP contribution in [0.25, 0.3) is 10.9 Å². The van der Waals surface area contributed by atoms with Crippen LogP contribution >= 0.6 is 23.1 Å². The van der Waals surface area contributed by atoms with Crippen molar-refractivity contribution < 1.29 is 4.79 Å². The van der Waals surface area contributed by atoms with Crippen LogP contribution in [-0.4, -0.2) is 33.4 Å². The van der Waals surface area contributed by atoms with Gasteiger partial charge in [-0.15, -0.1) is 10.2 Å². The Morgan fingerprint density at radius 1 is 1.35 bits per heavy atom. The first-order chi connectivity index (χ1) is 11.2. The maximum absolute atomic E-state index is 12.0. The van der Waals surface area contributed by atoms with Gasteiger partial charge in [0.15, 0.2) is 4.34 Å². The zero-order valence-electron chi connectivity index (χ0n) is 12.8. The maximum Gasteiger partial charge on any atom is 0.224 e. The Labute approximate surface area is 142 Å². The summed E-state index contributed by atoms with van der Waals surface area (Å²) in [7, 11) is 0. The van der Waals surface area contributed by atoms with Crippen LogP contribution in [0.5, 0.6) is 0 Å². The number of rotatable bonds is 7. The molecule has 120 valence electrons. The number of thioether (sulfide) groups is 1. The van der Waals surface area contributed by atoms with Gasteiger partial charge in [-0.1, -0.05) is 41.3 Å². The molecule has 0 saturated heterocycles. The van der Waals surface area contributed by atoms with E-state index in [1.807, 2.05) is 37.4 Å². The van der Waals surface area contributed by atoms with Crippen LogP contribution in [0.15, 0.2) is 34.8 Å². The highest BCUT2D eigenvalue weighted by atomic mass is 32.2. The fourth-order valence-electron chi connectivity index (χ4n) is 2.31. The smallest absolute Gasteiger partial charge is 0.224 e. The Bertz CT molecular complexity index is 796. The van der Waals surface area contributed by atoms with Crippen molar-refractivity contribution in [2.24, 2.45) is 0 Å². The van der Waals surface area contributed by atoms with Crippen LogP contribution in [0.3, 0.4) is 0 Å². The summed E-state index contributed by atoms with van der Waals surface area (Å²) in [5, 5.41) is 13.1. The molecule has 3 rings (SSSR count). The van der Waals surface area contributed by atoms with Crippen LogP contribution in [0.1, 0.15) is 17.0 Å². The van der Waals surface area contributed by atoms with E-state index in [0.29, 0.717) is 13.0 Å². The molecule has 1 amide bonds.